The SMILES string of the molecule is COc1ccc(CN2C3CC2CN(c2ccc(-c4cc(OCCN5CC6CC5N6C)cn5ncc(C#N)c45)cn2)C3)cn1. The second-order valence-electron chi connectivity index (χ2n) is 12.2. The first-order valence-electron chi connectivity index (χ1n) is 15.0. The van der Waals surface area contributed by atoms with Crippen molar-refractivity contribution in [1.82, 2.24) is 34.3 Å². The fraction of sp³-hybridized carbons (Fsp3) is 0.438. The maximum absolute atomic E-state index is 9.78. The van der Waals surface area contributed by atoms with Crippen LogP contribution < -0.4 is 14.4 Å². The second kappa shape index (κ2) is 10.5. The van der Waals surface area contributed by atoms with Gasteiger partial charge in [0.1, 0.15) is 24.2 Å². The van der Waals surface area contributed by atoms with Gasteiger partial charge in [-0.3, -0.25) is 14.7 Å². The summed E-state index contributed by atoms with van der Waals surface area (Å²) in [5, 5.41) is 14.2. The highest BCUT2D eigenvalue weighted by atomic mass is 16.5. The van der Waals surface area contributed by atoms with E-state index >= 15 is 0 Å². The summed E-state index contributed by atoms with van der Waals surface area (Å²) in [6, 6.07) is 14.3. The monoisotopic (exact) mass is 577 g/mol. The summed E-state index contributed by atoms with van der Waals surface area (Å²) in [5.74, 6) is 2.37. The Morgan fingerprint density at radius 2 is 1.88 bits per heavy atom. The van der Waals surface area contributed by atoms with Crippen molar-refractivity contribution in [2.24, 2.45) is 0 Å². The highest BCUT2D eigenvalue weighted by Crippen LogP contribution is 2.37. The van der Waals surface area contributed by atoms with E-state index in [2.05, 4.69) is 61.0 Å². The number of anilines is 1. The summed E-state index contributed by atoms with van der Waals surface area (Å²) in [5.41, 5.74) is 4.35. The highest BCUT2D eigenvalue weighted by molar-refractivity contribution is 5.85. The quantitative estimate of drug-likeness (QED) is 0.295. The van der Waals surface area contributed by atoms with Crippen LogP contribution in [0.1, 0.15) is 24.0 Å². The third kappa shape index (κ3) is 4.57. The summed E-state index contributed by atoms with van der Waals surface area (Å²) >= 11 is 0. The van der Waals surface area contributed by atoms with Crippen molar-refractivity contribution in [3.05, 3.63) is 66.2 Å². The Kier molecular flexibility index (Phi) is 6.44. The molecule has 11 nitrogen and oxygen atoms in total. The molecule has 6 fully saturated rings. The molecule has 0 aliphatic carbocycles. The van der Waals surface area contributed by atoms with Crippen LogP contribution >= 0.6 is 0 Å². The van der Waals surface area contributed by atoms with Gasteiger partial charge in [-0.05, 0) is 43.7 Å². The number of piperidine rings is 1. The van der Waals surface area contributed by atoms with Gasteiger partial charge in [-0.15, -0.1) is 0 Å². The molecule has 0 N–H and O–H groups in total. The predicted octanol–water partition coefficient (Wildman–Crippen LogP) is 2.86. The molecule has 43 heavy (non-hydrogen) atoms. The van der Waals surface area contributed by atoms with Gasteiger partial charge in [-0.1, -0.05) is 6.07 Å². The van der Waals surface area contributed by atoms with Crippen molar-refractivity contribution in [2.75, 3.05) is 51.8 Å². The largest absolute Gasteiger partial charge is 0.491 e. The van der Waals surface area contributed by atoms with E-state index in [1.807, 2.05) is 30.7 Å². The first kappa shape index (κ1) is 26.4. The van der Waals surface area contributed by atoms with E-state index in [1.165, 1.54) is 18.4 Å². The molecule has 0 aromatic carbocycles. The van der Waals surface area contributed by atoms with E-state index < -0.39 is 0 Å². The molecule has 4 unspecified atom stereocenters. The normalized spacial score (nSPS) is 24.9. The van der Waals surface area contributed by atoms with Crippen LogP contribution in [0.3, 0.4) is 0 Å². The van der Waals surface area contributed by atoms with Crippen molar-refractivity contribution in [1.29, 1.82) is 5.26 Å². The molecule has 6 aliphatic heterocycles. The van der Waals surface area contributed by atoms with Crippen LogP contribution in [-0.2, 0) is 6.54 Å². The zero-order valence-corrected chi connectivity index (χ0v) is 24.5. The molecule has 0 amide bonds. The van der Waals surface area contributed by atoms with Gasteiger partial charge in [0.25, 0.3) is 0 Å². The Labute approximate surface area is 250 Å². The van der Waals surface area contributed by atoms with E-state index in [0.29, 0.717) is 42.3 Å². The first-order valence-corrected chi connectivity index (χ1v) is 15.0. The fourth-order valence-electron chi connectivity index (χ4n) is 7.38. The molecule has 0 spiro atoms. The number of ether oxygens (including phenoxy) is 2. The summed E-state index contributed by atoms with van der Waals surface area (Å²) in [7, 11) is 3.84. The molecule has 4 aromatic rings. The molecular weight excluding hydrogens is 542 g/mol. The number of rotatable bonds is 9. The molecule has 4 bridgehead atoms. The van der Waals surface area contributed by atoms with E-state index in [0.717, 1.165) is 60.9 Å². The molecular formula is C32H35N9O2. The van der Waals surface area contributed by atoms with Gasteiger partial charge in [-0.2, -0.15) is 10.4 Å². The number of hydrogen-bond donors (Lipinski definition) is 0. The summed E-state index contributed by atoms with van der Waals surface area (Å²) < 4.78 is 13.2. The minimum Gasteiger partial charge on any atom is -0.491 e. The molecule has 0 saturated carbocycles. The molecule has 6 saturated heterocycles. The zero-order valence-electron chi connectivity index (χ0n) is 24.5. The molecule has 10 heterocycles. The second-order valence-corrected chi connectivity index (χ2v) is 12.2. The van der Waals surface area contributed by atoms with Gasteiger partial charge < -0.3 is 14.4 Å². The van der Waals surface area contributed by atoms with Gasteiger partial charge >= 0.3 is 0 Å². The van der Waals surface area contributed by atoms with Crippen LogP contribution in [0.15, 0.2) is 55.1 Å². The van der Waals surface area contributed by atoms with Crippen LogP contribution in [0.2, 0.25) is 0 Å². The molecule has 4 aromatic heterocycles. The van der Waals surface area contributed by atoms with Gasteiger partial charge in [-0.25, -0.2) is 14.5 Å². The van der Waals surface area contributed by atoms with Crippen LogP contribution in [0.5, 0.6) is 11.6 Å². The average Bonchev–Trinajstić information content (AvgIpc) is 3.76. The maximum Gasteiger partial charge on any atom is 0.212 e. The lowest BCUT2D eigenvalue weighted by molar-refractivity contribution is -0.00876. The van der Waals surface area contributed by atoms with E-state index in [4.69, 9.17) is 14.5 Å². The van der Waals surface area contributed by atoms with Crippen molar-refractivity contribution >= 4 is 11.3 Å². The Balaban J connectivity index is 0.963. The topological polar surface area (TPSA) is 98.3 Å². The number of pyridine rings is 3. The Bertz CT molecular complexity index is 1670. The standard InChI is InChI=1S/C32H35N9O2/c1-37-24-10-31(37)38(17-24)7-8-43-27-11-28(32-23(12-33)15-36-41(32)20-27)22-4-5-29(34-14-22)39-18-25-9-26(19-39)40(25)16-21-3-6-30(42-2)35-13-21/h3-6,11,13-15,20,24-26,31H,7-10,16-19H2,1-2H3. The zero-order chi connectivity index (χ0) is 29.1. The van der Waals surface area contributed by atoms with Crippen molar-refractivity contribution in [3.8, 4) is 28.8 Å². The molecule has 11 heteroatoms. The lowest BCUT2D eigenvalue weighted by atomic mass is 9.87. The van der Waals surface area contributed by atoms with Crippen LogP contribution in [0.25, 0.3) is 16.6 Å². The van der Waals surface area contributed by atoms with Gasteiger partial charge in [0, 0.05) is 80.4 Å². The number of piperazine rings is 1. The molecule has 10 rings (SSSR count). The number of aromatic nitrogens is 4. The molecule has 6 aliphatic rings. The molecule has 220 valence electrons. The third-order valence-corrected chi connectivity index (χ3v) is 9.85. The minimum atomic E-state index is 0.507. The van der Waals surface area contributed by atoms with Crippen LogP contribution in [0, 0.1) is 11.3 Å². The van der Waals surface area contributed by atoms with Crippen LogP contribution in [0.4, 0.5) is 5.82 Å². The van der Waals surface area contributed by atoms with Crippen molar-refractivity contribution in [3.63, 3.8) is 0 Å². The lowest BCUT2D eigenvalue weighted by Crippen LogP contribution is -2.68. The summed E-state index contributed by atoms with van der Waals surface area (Å²) in [6.45, 7) is 5.43. The number of nitriles is 1. The van der Waals surface area contributed by atoms with Gasteiger partial charge in [0.2, 0.25) is 5.88 Å². The third-order valence-electron chi connectivity index (χ3n) is 9.85. The molecule has 0 radical (unpaired) electrons. The Morgan fingerprint density at radius 1 is 1.00 bits per heavy atom. The number of fused-ring (bicyclic) bond motifs is 4. The highest BCUT2D eigenvalue weighted by Gasteiger charge is 2.47. The molecule has 4 atom stereocenters. The van der Waals surface area contributed by atoms with Gasteiger partial charge in [0.15, 0.2) is 0 Å². The number of hydrogen-bond acceptors (Lipinski definition) is 10. The predicted molar refractivity (Wildman–Crippen MR) is 161 cm³/mol. The first-order chi connectivity index (χ1) is 21.1. The van der Waals surface area contributed by atoms with E-state index in [-0.39, 0.29) is 0 Å². The number of nitrogens with zero attached hydrogens (tertiary/aromatic N) is 9. The van der Waals surface area contributed by atoms with Gasteiger partial charge in [0.05, 0.1) is 36.7 Å². The smallest absolute Gasteiger partial charge is 0.212 e. The lowest BCUT2D eigenvalue weighted by Gasteiger charge is -2.56. The number of likely N-dealkylation sites (N-methyl/N-ethyl adjacent to an activating group) is 1. The van der Waals surface area contributed by atoms with Crippen molar-refractivity contribution in [2.45, 2.75) is 43.7 Å². The fourth-order valence-corrected chi connectivity index (χ4v) is 7.38. The van der Waals surface area contributed by atoms with Crippen molar-refractivity contribution < 1.29 is 9.47 Å². The Hall–Kier alpha value is -4.24. The van der Waals surface area contributed by atoms with E-state index in [1.54, 1.807) is 17.8 Å². The summed E-state index contributed by atoms with van der Waals surface area (Å²) in [6.07, 6.45) is 10.3. The average molecular weight is 578 g/mol. The Morgan fingerprint density at radius 3 is 2.56 bits per heavy atom. The number of methoxy groups -OCH3 is 1. The van der Waals surface area contributed by atoms with Crippen LogP contribution in [-0.4, -0.2) is 106 Å². The van der Waals surface area contributed by atoms with E-state index in [9.17, 15) is 5.26 Å². The summed E-state index contributed by atoms with van der Waals surface area (Å²) in [4.78, 5) is 19.2. The maximum atomic E-state index is 9.78. The minimum absolute atomic E-state index is 0.507.